The lowest BCUT2D eigenvalue weighted by molar-refractivity contribution is -0.133. The summed E-state index contributed by atoms with van der Waals surface area (Å²) in [5, 5.41) is 3.83. The number of halogens is 4. The van der Waals surface area contributed by atoms with Crippen LogP contribution in [0.2, 0.25) is 5.02 Å². The summed E-state index contributed by atoms with van der Waals surface area (Å²) in [6, 6.07) is 10.7. The highest BCUT2D eigenvalue weighted by atomic mass is 35.5. The van der Waals surface area contributed by atoms with Crippen molar-refractivity contribution in [3.05, 3.63) is 70.2 Å². The molecule has 1 fully saturated rings. The molecule has 0 bridgehead atoms. The minimum atomic E-state index is -0.696. The SMILES string of the molecule is Cl.O=C(Cc1c(F)cccc1F)N1CCNCC1c1cccc(Cl)c1. The smallest absolute Gasteiger partial charge is 0.227 e. The Hall–Kier alpha value is -1.69. The Morgan fingerprint density at radius 1 is 1.20 bits per heavy atom. The Morgan fingerprint density at radius 2 is 1.88 bits per heavy atom. The quantitative estimate of drug-likeness (QED) is 0.870. The van der Waals surface area contributed by atoms with Gasteiger partial charge in [0.05, 0.1) is 12.5 Å². The number of carbonyl (C=O) groups is 1. The minimum Gasteiger partial charge on any atom is -0.333 e. The third-order valence-corrected chi connectivity index (χ3v) is 4.42. The predicted octanol–water partition coefficient (Wildman–Crippen LogP) is 3.76. The van der Waals surface area contributed by atoms with E-state index in [4.69, 9.17) is 11.6 Å². The number of nitrogens with zero attached hydrogens (tertiary/aromatic N) is 1. The molecule has 0 radical (unpaired) electrons. The first-order valence-corrected chi connectivity index (χ1v) is 8.12. The molecule has 1 aliphatic rings. The summed E-state index contributed by atoms with van der Waals surface area (Å²) in [5.74, 6) is -1.69. The van der Waals surface area contributed by atoms with Crippen LogP contribution < -0.4 is 5.32 Å². The first-order valence-electron chi connectivity index (χ1n) is 7.75. The van der Waals surface area contributed by atoms with Gasteiger partial charge in [-0.2, -0.15) is 0 Å². The van der Waals surface area contributed by atoms with Gasteiger partial charge in [-0.15, -0.1) is 12.4 Å². The monoisotopic (exact) mass is 386 g/mol. The van der Waals surface area contributed by atoms with E-state index < -0.39 is 11.6 Å². The average molecular weight is 387 g/mol. The van der Waals surface area contributed by atoms with Gasteiger partial charge in [0.25, 0.3) is 0 Å². The molecule has 1 N–H and O–H groups in total. The summed E-state index contributed by atoms with van der Waals surface area (Å²) in [5.41, 5.74) is 0.711. The van der Waals surface area contributed by atoms with E-state index in [1.807, 2.05) is 18.2 Å². The van der Waals surface area contributed by atoms with Crippen molar-refractivity contribution < 1.29 is 13.6 Å². The molecule has 2 aromatic rings. The first-order chi connectivity index (χ1) is 11.6. The van der Waals surface area contributed by atoms with Crippen molar-refractivity contribution in [2.45, 2.75) is 12.5 Å². The van der Waals surface area contributed by atoms with E-state index in [-0.39, 0.29) is 36.3 Å². The lowest BCUT2D eigenvalue weighted by atomic mass is 10.0. The van der Waals surface area contributed by atoms with E-state index in [1.165, 1.54) is 6.07 Å². The van der Waals surface area contributed by atoms with Crippen molar-refractivity contribution in [1.29, 1.82) is 0 Å². The highest BCUT2D eigenvalue weighted by Crippen LogP contribution is 2.26. The molecule has 3 rings (SSSR count). The molecule has 3 nitrogen and oxygen atoms in total. The predicted molar refractivity (Wildman–Crippen MR) is 96.1 cm³/mol. The van der Waals surface area contributed by atoms with Crippen LogP contribution in [0.3, 0.4) is 0 Å². The zero-order chi connectivity index (χ0) is 17.1. The number of piperazine rings is 1. The van der Waals surface area contributed by atoms with Crippen LogP contribution in [0.4, 0.5) is 8.78 Å². The number of carbonyl (C=O) groups excluding carboxylic acids is 1. The van der Waals surface area contributed by atoms with Crippen LogP contribution in [-0.2, 0) is 11.2 Å². The standard InChI is InChI=1S/C18H17ClF2N2O.ClH/c19-13-4-1-3-12(9-13)17-11-22-7-8-23(17)18(24)10-14-15(20)5-2-6-16(14)21;/h1-6,9,17,22H,7-8,10-11H2;1H. The molecule has 1 saturated heterocycles. The largest absolute Gasteiger partial charge is 0.333 e. The summed E-state index contributed by atoms with van der Waals surface area (Å²) in [7, 11) is 0. The number of nitrogens with one attached hydrogen (secondary N) is 1. The normalized spacial score (nSPS) is 17.1. The van der Waals surface area contributed by atoms with Gasteiger partial charge < -0.3 is 10.2 Å². The summed E-state index contributed by atoms with van der Waals surface area (Å²) in [6.45, 7) is 1.69. The van der Waals surface area contributed by atoms with E-state index in [0.717, 1.165) is 17.7 Å². The minimum absolute atomic E-state index is 0. The number of hydrogen-bond donors (Lipinski definition) is 1. The van der Waals surface area contributed by atoms with Crippen LogP contribution >= 0.6 is 24.0 Å². The fourth-order valence-electron chi connectivity index (χ4n) is 2.97. The molecule has 0 saturated carbocycles. The average Bonchev–Trinajstić information content (AvgIpc) is 2.58. The molecule has 134 valence electrons. The van der Waals surface area contributed by atoms with Gasteiger partial charge in [0.1, 0.15) is 11.6 Å². The molecule has 1 heterocycles. The van der Waals surface area contributed by atoms with Gasteiger partial charge in [0, 0.05) is 30.2 Å². The van der Waals surface area contributed by atoms with Gasteiger partial charge in [-0.05, 0) is 29.8 Å². The maximum atomic E-state index is 13.8. The molecule has 1 aliphatic heterocycles. The van der Waals surface area contributed by atoms with Crippen molar-refractivity contribution in [2.75, 3.05) is 19.6 Å². The highest BCUT2D eigenvalue weighted by Gasteiger charge is 2.29. The fourth-order valence-corrected chi connectivity index (χ4v) is 3.17. The lowest BCUT2D eigenvalue weighted by Gasteiger charge is -2.36. The first kappa shape index (κ1) is 19.6. The third-order valence-electron chi connectivity index (χ3n) is 4.19. The number of amides is 1. The molecule has 1 amide bonds. The number of benzene rings is 2. The van der Waals surface area contributed by atoms with E-state index in [1.54, 1.807) is 11.0 Å². The molecule has 0 spiro atoms. The Bertz CT molecular complexity index is 737. The zero-order valence-corrected chi connectivity index (χ0v) is 14.9. The number of rotatable bonds is 3. The second-order valence-electron chi connectivity index (χ2n) is 5.74. The molecule has 0 aromatic heterocycles. The fraction of sp³-hybridized carbons (Fsp3) is 0.278. The molecule has 0 aliphatic carbocycles. The summed E-state index contributed by atoms with van der Waals surface area (Å²) >= 11 is 6.04. The maximum absolute atomic E-state index is 13.8. The third kappa shape index (κ3) is 4.48. The van der Waals surface area contributed by atoms with Crippen LogP contribution in [0.25, 0.3) is 0 Å². The van der Waals surface area contributed by atoms with Crippen molar-refractivity contribution >= 4 is 29.9 Å². The van der Waals surface area contributed by atoms with Crippen LogP contribution in [-0.4, -0.2) is 30.4 Å². The van der Waals surface area contributed by atoms with Crippen LogP contribution in [0, 0.1) is 11.6 Å². The summed E-state index contributed by atoms with van der Waals surface area (Å²) in [4.78, 5) is 14.3. The van der Waals surface area contributed by atoms with Gasteiger partial charge in [0.15, 0.2) is 0 Å². The van der Waals surface area contributed by atoms with Crippen molar-refractivity contribution in [3.63, 3.8) is 0 Å². The van der Waals surface area contributed by atoms with Gasteiger partial charge in [-0.1, -0.05) is 29.8 Å². The molecule has 2 aromatic carbocycles. The molecule has 25 heavy (non-hydrogen) atoms. The zero-order valence-electron chi connectivity index (χ0n) is 13.3. The molecule has 1 atom stereocenters. The summed E-state index contributed by atoms with van der Waals surface area (Å²) < 4.78 is 27.6. The van der Waals surface area contributed by atoms with E-state index in [2.05, 4.69) is 5.32 Å². The van der Waals surface area contributed by atoms with Crippen LogP contribution in [0.15, 0.2) is 42.5 Å². The Morgan fingerprint density at radius 3 is 2.56 bits per heavy atom. The Labute approximate surface area is 156 Å². The second kappa shape index (κ2) is 8.61. The number of hydrogen-bond acceptors (Lipinski definition) is 2. The van der Waals surface area contributed by atoms with Crippen molar-refractivity contribution in [2.24, 2.45) is 0 Å². The molecular weight excluding hydrogens is 369 g/mol. The van der Waals surface area contributed by atoms with E-state index >= 15 is 0 Å². The van der Waals surface area contributed by atoms with Gasteiger partial charge >= 0.3 is 0 Å². The van der Waals surface area contributed by atoms with E-state index in [0.29, 0.717) is 24.7 Å². The molecule has 1 unspecified atom stereocenters. The maximum Gasteiger partial charge on any atom is 0.227 e. The topological polar surface area (TPSA) is 32.3 Å². The van der Waals surface area contributed by atoms with Gasteiger partial charge in [-0.3, -0.25) is 4.79 Å². The molecular formula is C18H18Cl2F2N2O. The Kier molecular flexibility index (Phi) is 6.76. The molecule has 7 heteroatoms. The summed E-state index contributed by atoms with van der Waals surface area (Å²) in [6.07, 6.45) is -0.296. The second-order valence-corrected chi connectivity index (χ2v) is 6.18. The van der Waals surface area contributed by atoms with Crippen LogP contribution in [0.1, 0.15) is 17.2 Å². The van der Waals surface area contributed by atoms with Crippen LogP contribution in [0.5, 0.6) is 0 Å². The van der Waals surface area contributed by atoms with Gasteiger partial charge in [-0.25, -0.2) is 8.78 Å². The van der Waals surface area contributed by atoms with Crippen molar-refractivity contribution in [1.82, 2.24) is 10.2 Å². The van der Waals surface area contributed by atoms with E-state index in [9.17, 15) is 13.6 Å². The van der Waals surface area contributed by atoms with Crippen molar-refractivity contribution in [3.8, 4) is 0 Å². The Balaban J connectivity index is 0.00000225. The highest BCUT2D eigenvalue weighted by molar-refractivity contribution is 6.30. The van der Waals surface area contributed by atoms with Gasteiger partial charge in [0.2, 0.25) is 5.91 Å². The lowest BCUT2D eigenvalue weighted by Crippen LogP contribution is -2.49.